The molecule has 0 spiro atoms. The molecule has 31 heavy (non-hydrogen) atoms. The Morgan fingerprint density at radius 3 is 2.71 bits per heavy atom. The molecule has 0 unspecified atom stereocenters. The Labute approximate surface area is 183 Å². The van der Waals surface area contributed by atoms with Crippen molar-refractivity contribution in [2.45, 2.75) is 52.1 Å². The second kappa shape index (κ2) is 8.58. The van der Waals surface area contributed by atoms with Gasteiger partial charge in [0.2, 0.25) is 0 Å². The van der Waals surface area contributed by atoms with Crippen LogP contribution in [0.1, 0.15) is 62.3 Å². The first kappa shape index (κ1) is 21.2. The summed E-state index contributed by atoms with van der Waals surface area (Å²) in [5.74, 6) is 2.20. The molecule has 0 radical (unpaired) electrons. The fourth-order valence-corrected chi connectivity index (χ4v) is 4.37. The van der Waals surface area contributed by atoms with Gasteiger partial charge in [-0.1, -0.05) is 29.4 Å². The molecule has 2 aromatic carbocycles. The molecule has 2 aliphatic rings. The van der Waals surface area contributed by atoms with Gasteiger partial charge in [0.05, 0.1) is 25.2 Å². The van der Waals surface area contributed by atoms with Crippen LogP contribution in [0.3, 0.4) is 0 Å². The van der Waals surface area contributed by atoms with Crippen LogP contribution < -0.4 is 14.2 Å². The molecule has 2 aromatic rings. The van der Waals surface area contributed by atoms with Gasteiger partial charge in [0.25, 0.3) is 0 Å². The number of hydrogen-bond donors (Lipinski definition) is 2. The first-order valence-electron chi connectivity index (χ1n) is 10.7. The molecule has 2 aliphatic heterocycles. The van der Waals surface area contributed by atoms with Gasteiger partial charge in [-0.15, -0.1) is 0 Å². The zero-order valence-electron chi connectivity index (χ0n) is 18.6. The first-order chi connectivity index (χ1) is 14.9. The molecular weight excluding hydrogens is 392 g/mol. The first-order valence-corrected chi connectivity index (χ1v) is 10.7. The topological polar surface area (TPSA) is 68.2 Å². The van der Waals surface area contributed by atoms with E-state index in [0.29, 0.717) is 30.3 Å². The van der Waals surface area contributed by atoms with Crippen LogP contribution in [0, 0.1) is 0 Å². The number of phenols is 2. The molecule has 5 heteroatoms. The molecule has 2 heterocycles. The number of rotatable bonds is 6. The third-order valence-electron chi connectivity index (χ3n) is 6.03. The minimum atomic E-state index is -0.280. The van der Waals surface area contributed by atoms with E-state index in [1.165, 1.54) is 11.1 Å². The predicted octanol–water partition coefficient (Wildman–Crippen LogP) is 5.95. The van der Waals surface area contributed by atoms with E-state index < -0.39 is 0 Å². The summed E-state index contributed by atoms with van der Waals surface area (Å²) < 4.78 is 18.0. The SMILES string of the molecule is COc1cc(O)c(C/C=C(/C)CCC=C(C)C)c2c1[C@@H]1Oc3cc(O)ccc3[C@@H]1CO2. The van der Waals surface area contributed by atoms with Gasteiger partial charge in [-0.3, -0.25) is 0 Å². The van der Waals surface area contributed by atoms with Crippen molar-refractivity contribution in [1.29, 1.82) is 0 Å². The number of fused-ring (bicyclic) bond motifs is 5. The molecule has 2 N–H and O–H groups in total. The van der Waals surface area contributed by atoms with Crippen molar-refractivity contribution in [2.24, 2.45) is 0 Å². The van der Waals surface area contributed by atoms with Gasteiger partial charge in [0.15, 0.2) is 0 Å². The maximum atomic E-state index is 10.7. The van der Waals surface area contributed by atoms with Crippen molar-refractivity contribution in [2.75, 3.05) is 13.7 Å². The maximum absolute atomic E-state index is 10.7. The molecule has 0 aliphatic carbocycles. The molecule has 4 rings (SSSR count). The molecular formula is C26H30O5. The lowest BCUT2D eigenvalue weighted by atomic mass is 9.87. The third-order valence-corrected chi connectivity index (χ3v) is 6.03. The highest BCUT2D eigenvalue weighted by atomic mass is 16.5. The number of hydrogen-bond acceptors (Lipinski definition) is 5. The van der Waals surface area contributed by atoms with E-state index in [9.17, 15) is 10.2 Å². The summed E-state index contributed by atoms with van der Waals surface area (Å²) in [5.41, 5.74) is 5.18. The van der Waals surface area contributed by atoms with Gasteiger partial charge in [0.1, 0.15) is 34.9 Å². The number of aromatic hydroxyl groups is 2. The molecule has 0 amide bonds. The van der Waals surface area contributed by atoms with Crippen molar-refractivity contribution in [3.05, 3.63) is 64.3 Å². The highest BCUT2D eigenvalue weighted by Crippen LogP contribution is 2.56. The summed E-state index contributed by atoms with van der Waals surface area (Å²) >= 11 is 0. The molecule has 2 atom stereocenters. The summed E-state index contributed by atoms with van der Waals surface area (Å²) in [5, 5.41) is 20.6. The van der Waals surface area contributed by atoms with Gasteiger partial charge in [-0.05, 0) is 46.1 Å². The second-order valence-corrected chi connectivity index (χ2v) is 8.57. The van der Waals surface area contributed by atoms with E-state index in [2.05, 4.69) is 32.9 Å². The van der Waals surface area contributed by atoms with Crippen molar-refractivity contribution in [1.82, 2.24) is 0 Å². The Hall–Kier alpha value is -3.08. The summed E-state index contributed by atoms with van der Waals surface area (Å²) in [6.45, 7) is 6.77. The number of ether oxygens (including phenoxy) is 3. The highest BCUT2D eigenvalue weighted by Gasteiger charge is 2.44. The largest absolute Gasteiger partial charge is 0.508 e. The fourth-order valence-electron chi connectivity index (χ4n) is 4.37. The molecule has 0 saturated carbocycles. The van der Waals surface area contributed by atoms with E-state index in [0.717, 1.165) is 29.5 Å². The van der Waals surface area contributed by atoms with Gasteiger partial charge in [-0.2, -0.15) is 0 Å². The Kier molecular flexibility index (Phi) is 5.86. The number of benzene rings is 2. The van der Waals surface area contributed by atoms with E-state index in [-0.39, 0.29) is 23.5 Å². The molecule has 0 aromatic heterocycles. The lowest BCUT2D eigenvalue weighted by molar-refractivity contribution is 0.134. The standard InChI is InChI=1S/C26H30O5/c1-15(2)6-5-7-16(3)8-10-19-21(28)13-23(29-4)24-25(19)30-14-20-18-11-9-17(27)12-22(18)31-26(20)24/h6,8-9,11-13,20,26-28H,5,7,10,14H2,1-4H3/b16-8-/t20-,26+/m0/s1. The van der Waals surface area contributed by atoms with E-state index in [1.807, 2.05) is 6.07 Å². The Morgan fingerprint density at radius 2 is 1.97 bits per heavy atom. The molecule has 164 valence electrons. The van der Waals surface area contributed by atoms with Crippen molar-refractivity contribution in [3.8, 4) is 28.7 Å². The lowest BCUT2D eigenvalue weighted by Crippen LogP contribution is -2.24. The average molecular weight is 423 g/mol. The van der Waals surface area contributed by atoms with Crippen molar-refractivity contribution < 1.29 is 24.4 Å². The van der Waals surface area contributed by atoms with Gasteiger partial charge in [-0.25, -0.2) is 0 Å². The van der Waals surface area contributed by atoms with Gasteiger partial charge >= 0.3 is 0 Å². The zero-order valence-corrected chi connectivity index (χ0v) is 18.6. The Morgan fingerprint density at radius 1 is 1.16 bits per heavy atom. The minimum Gasteiger partial charge on any atom is -0.508 e. The number of phenolic OH excluding ortho intramolecular Hbond substituents is 2. The summed E-state index contributed by atoms with van der Waals surface area (Å²) in [6, 6.07) is 6.84. The molecule has 0 saturated heterocycles. The number of methoxy groups -OCH3 is 1. The van der Waals surface area contributed by atoms with Crippen molar-refractivity contribution in [3.63, 3.8) is 0 Å². The summed E-state index contributed by atoms with van der Waals surface area (Å²) in [7, 11) is 1.58. The van der Waals surface area contributed by atoms with Crippen LogP contribution in [0.4, 0.5) is 0 Å². The van der Waals surface area contributed by atoms with Crippen LogP contribution in [0.15, 0.2) is 47.6 Å². The average Bonchev–Trinajstić information content (AvgIpc) is 3.09. The lowest BCUT2D eigenvalue weighted by Gasteiger charge is -2.31. The van der Waals surface area contributed by atoms with Crippen LogP contribution in [-0.2, 0) is 6.42 Å². The Balaban J connectivity index is 1.66. The smallest absolute Gasteiger partial charge is 0.141 e. The zero-order chi connectivity index (χ0) is 22.1. The second-order valence-electron chi connectivity index (χ2n) is 8.57. The van der Waals surface area contributed by atoms with Crippen LogP contribution in [0.25, 0.3) is 0 Å². The maximum Gasteiger partial charge on any atom is 0.141 e. The predicted molar refractivity (Wildman–Crippen MR) is 120 cm³/mol. The van der Waals surface area contributed by atoms with Gasteiger partial charge in [0, 0.05) is 23.3 Å². The summed E-state index contributed by atoms with van der Waals surface area (Å²) in [6.07, 6.45) is 6.68. The summed E-state index contributed by atoms with van der Waals surface area (Å²) in [4.78, 5) is 0. The molecule has 0 bridgehead atoms. The fraction of sp³-hybridized carbons (Fsp3) is 0.385. The van der Waals surface area contributed by atoms with Crippen molar-refractivity contribution >= 4 is 0 Å². The van der Waals surface area contributed by atoms with Crippen LogP contribution >= 0.6 is 0 Å². The van der Waals surface area contributed by atoms with E-state index in [4.69, 9.17) is 14.2 Å². The van der Waals surface area contributed by atoms with Gasteiger partial charge < -0.3 is 24.4 Å². The molecule has 5 nitrogen and oxygen atoms in total. The normalized spacial score (nSPS) is 18.9. The van der Waals surface area contributed by atoms with Crippen LogP contribution in [0.5, 0.6) is 28.7 Å². The minimum absolute atomic E-state index is 0.00995. The highest BCUT2D eigenvalue weighted by molar-refractivity contribution is 5.62. The van der Waals surface area contributed by atoms with Crippen LogP contribution in [-0.4, -0.2) is 23.9 Å². The van der Waals surface area contributed by atoms with E-state index in [1.54, 1.807) is 25.3 Å². The number of allylic oxidation sites excluding steroid dienone is 4. The van der Waals surface area contributed by atoms with E-state index >= 15 is 0 Å². The monoisotopic (exact) mass is 422 g/mol. The third kappa shape index (κ3) is 4.09. The quantitative estimate of drug-likeness (QED) is 0.563. The van der Waals surface area contributed by atoms with Crippen LogP contribution in [0.2, 0.25) is 0 Å². The molecule has 0 fully saturated rings. The Bertz CT molecular complexity index is 1050.